The van der Waals surface area contributed by atoms with Crippen LogP contribution in [-0.4, -0.2) is 226 Å². The van der Waals surface area contributed by atoms with Gasteiger partial charge in [0.1, 0.15) is 18.3 Å². The zero-order valence-electron chi connectivity index (χ0n) is 75.1. The van der Waals surface area contributed by atoms with E-state index in [-0.39, 0.29) is 5.60 Å². The van der Waals surface area contributed by atoms with Crippen molar-refractivity contribution in [2.45, 2.75) is 390 Å². The van der Waals surface area contributed by atoms with Crippen LogP contribution in [0.15, 0.2) is 79.4 Å². The maximum Gasteiger partial charge on any atom is 0.106 e. The molecule has 16 saturated heterocycles. The Hall–Kier alpha value is -2.51. The molecule has 18 nitrogen and oxygen atoms in total. The minimum absolute atomic E-state index is 0.270. The molecule has 26 unspecified atom stereocenters. The van der Waals surface area contributed by atoms with Crippen molar-refractivity contribution in [3.8, 4) is 0 Å². The van der Waals surface area contributed by atoms with Crippen LogP contribution in [0.4, 0.5) is 0 Å². The lowest BCUT2D eigenvalue weighted by Crippen LogP contribution is -2.56. The molecule has 27 rings (SSSR count). The number of alkyl halides is 1. The number of unbranched alkanes of at least 4 members (excludes halogenated alkanes) is 5. The summed E-state index contributed by atoms with van der Waals surface area (Å²) in [5.74, 6) is 5.21. The van der Waals surface area contributed by atoms with Gasteiger partial charge in [0.25, 0.3) is 0 Å². The minimum Gasteiger partial charge on any atom is -0.379 e. The van der Waals surface area contributed by atoms with Gasteiger partial charge in [-0.25, -0.2) is 0 Å². The van der Waals surface area contributed by atoms with E-state index < -0.39 is 0 Å². The minimum atomic E-state index is 0.270. The Kier molecular flexibility index (Phi) is 40.4. The van der Waals surface area contributed by atoms with Crippen molar-refractivity contribution in [1.82, 2.24) is 0 Å². The van der Waals surface area contributed by atoms with Gasteiger partial charge in [0, 0.05) is 19.4 Å². The quantitative estimate of drug-likeness (QED) is 0.0463. The number of benzene rings is 2. The van der Waals surface area contributed by atoms with Crippen molar-refractivity contribution in [1.29, 1.82) is 0 Å². The van der Waals surface area contributed by atoms with E-state index in [1.807, 2.05) is 18.2 Å². The highest BCUT2D eigenvalue weighted by Gasteiger charge is 2.72. The summed E-state index contributed by atoms with van der Waals surface area (Å²) >= 11 is 5.27. The number of ether oxygens (including phenoxy) is 18. The van der Waals surface area contributed by atoms with E-state index in [1.54, 1.807) is 6.08 Å². The van der Waals surface area contributed by atoms with E-state index in [2.05, 4.69) is 130 Å². The first-order valence-electron chi connectivity index (χ1n) is 47.6. The van der Waals surface area contributed by atoms with Gasteiger partial charge < -0.3 is 85.3 Å². The molecule has 0 radical (unpaired) electrons. The SMILES string of the molecule is C1CC2CC1C1OC21.C1CC2OC2C1.C1CCC2OC2C1.C1CO1.C=C(C)C1CCC2(C)OC2C1.C=CCOCC1CO1.CC1(C)C2CC3OC3(C)C1C2.CC1CO1.CCC1CO1.CCC1CO1.CCCCC1CO1.CCCCCCC1CO1.CCCCOCC1CO1.ClCC1CO1.c1ccc(C2CO2)cc1.c1ccc2c(c1)CC1OC1C2. The van der Waals surface area contributed by atoms with Crippen LogP contribution in [0.25, 0.3) is 0 Å². The fourth-order valence-electron chi connectivity index (χ4n) is 17.2. The van der Waals surface area contributed by atoms with Gasteiger partial charge in [0.2, 0.25) is 0 Å². The normalized spacial score (nSPS) is 38.5. The van der Waals surface area contributed by atoms with Crippen LogP contribution in [0, 0.1) is 35.0 Å². The van der Waals surface area contributed by atoms with Gasteiger partial charge in [-0.2, -0.15) is 0 Å². The van der Waals surface area contributed by atoms with Crippen molar-refractivity contribution in [2.75, 3.05) is 105 Å². The third-order valence-electron chi connectivity index (χ3n) is 26.9. The third kappa shape index (κ3) is 37.6. The first-order valence-corrected chi connectivity index (χ1v) is 48.1. The molecule has 8 saturated carbocycles. The fourth-order valence-corrected chi connectivity index (χ4v) is 17.4. The van der Waals surface area contributed by atoms with Crippen LogP contribution >= 0.6 is 11.6 Å². The Morgan fingerprint density at radius 2 is 0.992 bits per heavy atom. The third-order valence-corrected chi connectivity index (χ3v) is 27.3. The summed E-state index contributed by atoms with van der Waals surface area (Å²) in [6.07, 6.45) is 51.4. The van der Waals surface area contributed by atoms with Gasteiger partial charge in [0.15, 0.2) is 0 Å². The van der Waals surface area contributed by atoms with Crippen LogP contribution in [-0.2, 0) is 98.1 Å². The zero-order chi connectivity index (χ0) is 83.3. The fraction of sp³-hybridized carbons (Fsp3) is 0.838. The van der Waals surface area contributed by atoms with E-state index in [1.165, 1.54) is 196 Å². The first-order chi connectivity index (χ1) is 57.4. The van der Waals surface area contributed by atoms with Gasteiger partial charge >= 0.3 is 0 Å². The van der Waals surface area contributed by atoms with Crippen molar-refractivity contribution in [2.24, 2.45) is 35.0 Å². The summed E-state index contributed by atoms with van der Waals surface area (Å²) in [6.45, 7) is 45.7. The number of allylic oxidation sites excluding steroid dienone is 1. The molecule has 0 spiro atoms. The molecule has 0 amide bonds. The summed E-state index contributed by atoms with van der Waals surface area (Å²) in [7, 11) is 0. The van der Waals surface area contributed by atoms with Gasteiger partial charge in [-0.3, -0.25) is 0 Å². The predicted octanol–water partition coefficient (Wildman–Crippen LogP) is 19.8. The second kappa shape index (κ2) is 49.6. The Bertz CT molecular complexity index is 2970. The topological polar surface area (TPSA) is 219 Å². The molecule has 2 aromatic rings. The Morgan fingerprint density at radius 3 is 1.36 bits per heavy atom. The second-order valence-electron chi connectivity index (χ2n) is 37.9. The molecule has 4 bridgehead atoms. The molecular formula is C99H161ClO18. The summed E-state index contributed by atoms with van der Waals surface area (Å²) in [6, 6.07) is 18.9. The first kappa shape index (κ1) is 96.1. The molecule has 26 atom stereocenters. The molecule has 19 heteroatoms. The zero-order valence-corrected chi connectivity index (χ0v) is 75.8. The van der Waals surface area contributed by atoms with Crippen LogP contribution in [0.1, 0.15) is 272 Å². The Morgan fingerprint density at radius 1 is 0.500 bits per heavy atom. The highest BCUT2D eigenvalue weighted by molar-refractivity contribution is 6.18. The number of hydrogen-bond donors (Lipinski definition) is 0. The van der Waals surface area contributed by atoms with Gasteiger partial charge in [-0.1, -0.05) is 179 Å². The monoisotopic (exact) mass is 1670 g/mol. The predicted molar refractivity (Wildman–Crippen MR) is 466 cm³/mol. The summed E-state index contributed by atoms with van der Waals surface area (Å²) < 4.78 is 91.7. The summed E-state index contributed by atoms with van der Waals surface area (Å²) in [5, 5.41) is 0. The molecule has 0 N–H and O–H groups in total. The van der Waals surface area contributed by atoms with Gasteiger partial charge in [-0.15, -0.1) is 18.2 Å². The number of epoxide rings is 16. The molecule has 118 heavy (non-hydrogen) atoms. The van der Waals surface area contributed by atoms with E-state index in [4.69, 9.17) is 92.1 Å². The smallest absolute Gasteiger partial charge is 0.106 e. The molecule has 9 aliphatic carbocycles. The van der Waals surface area contributed by atoms with Crippen molar-refractivity contribution < 1.29 is 85.3 Å². The Balaban J connectivity index is 0.000000125. The summed E-state index contributed by atoms with van der Waals surface area (Å²) in [5.41, 5.74) is 6.78. The molecule has 25 aliphatic rings. The molecule has 672 valence electrons. The molecule has 24 fully saturated rings. The number of halogens is 1. The number of fused-ring (bicyclic) bond motifs is 10. The van der Waals surface area contributed by atoms with E-state index in [0.29, 0.717) is 127 Å². The second-order valence-corrected chi connectivity index (χ2v) is 38.2. The van der Waals surface area contributed by atoms with E-state index in [9.17, 15) is 0 Å². The Labute approximate surface area is 718 Å². The largest absolute Gasteiger partial charge is 0.379 e. The van der Waals surface area contributed by atoms with Crippen LogP contribution in [0.2, 0.25) is 0 Å². The van der Waals surface area contributed by atoms with Gasteiger partial charge in [0.05, 0.1) is 207 Å². The molecule has 0 aromatic heterocycles. The van der Waals surface area contributed by atoms with Crippen LogP contribution in [0.5, 0.6) is 0 Å². The maximum atomic E-state index is 5.75. The average Bonchev–Trinajstić information content (AvgIpc) is 1.51. The lowest BCUT2D eigenvalue weighted by molar-refractivity contribution is -0.0789. The highest BCUT2D eigenvalue weighted by Crippen LogP contribution is 2.70. The van der Waals surface area contributed by atoms with Crippen molar-refractivity contribution in [3.63, 3.8) is 0 Å². The van der Waals surface area contributed by atoms with Crippen LogP contribution in [0.3, 0.4) is 0 Å². The van der Waals surface area contributed by atoms with E-state index in [0.717, 1.165) is 147 Å². The average molecular weight is 1670 g/mol. The summed E-state index contributed by atoms with van der Waals surface area (Å²) in [4.78, 5) is 0. The van der Waals surface area contributed by atoms with Gasteiger partial charge in [-0.05, 0) is 195 Å². The lowest BCUT2D eigenvalue weighted by Gasteiger charge is -2.57. The van der Waals surface area contributed by atoms with Crippen molar-refractivity contribution >= 4 is 11.6 Å². The van der Waals surface area contributed by atoms with Crippen LogP contribution < -0.4 is 0 Å². The maximum absolute atomic E-state index is 5.75. The number of rotatable bonds is 22. The number of hydrogen-bond acceptors (Lipinski definition) is 18. The standard InChI is InChI=1S/C10H16O.C10H10O.C10H16O.C8H8O.C8H16O.C7H14O2.C7H10O.C6H10O2.C6H10O.C6H12O.C5H8O.2C4H8O.C3H5ClO.C3H6O.C2H4O/c1-9(2)6-4-7(9)10(3)8(5-6)11-10;1-2-4-8-6-10-9(11-10)5-7(8)3-1;1-7(2)8-4-5-10(3)9(6-8)11-10;1-2-4-7(5-3-1)8-6-9-8;1-2-3-4-5-6-8-7-9-8;1-2-3-4-8-5-7-6-9-7;1-2-5-3-4(1)6-7(5)8-6;1-2-3-7-4-6-5-8-6;1-2-4-6-5(3-1)7-6;1-2-3-4-6-5-7-6;1-2-4-5(3-1)6-4;2*1-2-4-3-5-4;4-1-3-2-5-3;1-3-2-4-3;1-2-3-1/h6-8H,4-5H2,1-3H3;1-4,9-10H,5-6H2;8-9H,1,4-6H2,2-3H3;1-5,8H,6H2;8H,2-7H2,1H3;7H,2-6H2,1H3;4-7H,1-3H2;2,6H,1,3-5H2;5-6H,1-4H2;6H,2-5H2,1H3;4-5H,1-3H2;2*4H,2-3H2,1H3;3H,1-2H2;3H,2H2,1H3;1-2H2. The molecule has 16 heterocycles. The molecular weight excluding hydrogens is 1510 g/mol. The molecule has 2 aromatic carbocycles. The lowest BCUT2D eigenvalue weighted by atomic mass is 9.46. The molecule has 16 aliphatic heterocycles. The highest BCUT2D eigenvalue weighted by atomic mass is 35.5. The van der Waals surface area contributed by atoms with Crippen molar-refractivity contribution in [3.05, 3.63) is 96.1 Å². The van der Waals surface area contributed by atoms with E-state index >= 15 is 0 Å².